The summed E-state index contributed by atoms with van der Waals surface area (Å²) in [6.45, 7) is 1.14. The molecule has 4 rings (SSSR count). The lowest BCUT2D eigenvalue weighted by Gasteiger charge is -2.25. The molecule has 1 amide bonds. The Kier molecular flexibility index (Phi) is 7.29. The van der Waals surface area contributed by atoms with Gasteiger partial charge in [-0.05, 0) is 66.9 Å². The van der Waals surface area contributed by atoms with Gasteiger partial charge in [0.15, 0.2) is 0 Å². The van der Waals surface area contributed by atoms with Crippen LogP contribution in [0.2, 0.25) is 0 Å². The quantitative estimate of drug-likeness (QED) is 0.473. The van der Waals surface area contributed by atoms with E-state index < -0.39 is 10.0 Å². The SMILES string of the molecule is O=C(Nc1ccc(S(=O)(=O)N2CCCCC2)cc1)c1ccc(CSc2ccccc2)cc1. The number of rotatable bonds is 7. The Labute approximate surface area is 193 Å². The Morgan fingerprint density at radius 2 is 1.50 bits per heavy atom. The van der Waals surface area contributed by atoms with E-state index in [4.69, 9.17) is 0 Å². The fourth-order valence-electron chi connectivity index (χ4n) is 3.60. The number of hydrogen-bond donors (Lipinski definition) is 1. The second-order valence-corrected chi connectivity index (χ2v) is 10.7. The molecular formula is C25H26N2O3S2. The average molecular weight is 467 g/mol. The highest BCUT2D eigenvalue weighted by atomic mass is 32.2. The molecule has 0 spiro atoms. The van der Waals surface area contributed by atoms with E-state index in [9.17, 15) is 13.2 Å². The first-order chi connectivity index (χ1) is 15.5. The number of amides is 1. The molecule has 0 bridgehead atoms. The van der Waals surface area contributed by atoms with Gasteiger partial charge >= 0.3 is 0 Å². The summed E-state index contributed by atoms with van der Waals surface area (Å²) in [6, 6.07) is 24.1. The minimum Gasteiger partial charge on any atom is -0.322 e. The number of carbonyl (C=O) groups is 1. The van der Waals surface area contributed by atoms with Crippen molar-refractivity contribution < 1.29 is 13.2 Å². The molecule has 32 heavy (non-hydrogen) atoms. The zero-order valence-electron chi connectivity index (χ0n) is 17.7. The molecule has 7 heteroatoms. The Bertz CT molecular complexity index is 1140. The Morgan fingerprint density at radius 3 is 2.16 bits per heavy atom. The summed E-state index contributed by atoms with van der Waals surface area (Å²) < 4.78 is 27.1. The molecule has 0 aliphatic carbocycles. The maximum absolute atomic E-state index is 12.8. The summed E-state index contributed by atoms with van der Waals surface area (Å²) in [6.07, 6.45) is 2.87. The summed E-state index contributed by atoms with van der Waals surface area (Å²) in [5.41, 5.74) is 2.27. The van der Waals surface area contributed by atoms with Gasteiger partial charge in [0.1, 0.15) is 0 Å². The number of carbonyl (C=O) groups excluding carboxylic acids is 1. The van der Waals surface area contributed by atoms with Crippen LogP contribution in [0.15, 0.2) is 88.7 Å². The summed E-state index contributed by atoms with van der Waals surface area (Å²) >= 11 is 1.75. The second kappa shape index (κ2) is 10.3. The van der Waals surface area contributed by atoms with Crippen molar-refractivity contribution in [1.82, 2.24) is 4.31 Å². The molecule has 0 unspecified atom stereocenters. The molecule has 1 heterocycles. The molecule has 5 nitrogen and oxygen atoms in total. The number of anilines is 1. The van der Waals surface area contributed by atoms with Crippen molar-refractivity contribution >= 4 is 33.4 Å². The lowest BCUT2D eigenvalue weighted by Crippen LogP contribution is -2.35. The molecule has 3 aromatic rings. The fourth-order valence-corrected chi connectivity index (χ4v) is 6.00. The van der Waals surface area contributed by atoms with Crippen molar-refractivity contribution in [2.24, 2.45) is 0 Å². The number of hydrogen-bond acceptors (Lipinski definition) is 4. The highest BCUT2D eigenvalue weighted by Crippen LogP contribution is 2.24. The molecule has 0 aromatic heterocycles. The van der Waals surface area contributed by atoms with Crippen LogP contribution in [-0.4, -0.2) is 31.7 Å². The lowest BCUT2D eigenvalue weighted by molar-refractivity contribution is 0.102. The summed E-state index contributed by atoms with van der Waals surface area (Å²) in [5, 5.41) is 2.84. The Morgan fingerprint density at radius 1 is 0.844 bits per heavy atom. The van der Waals surface area contributed by atoms with Crippen molar-refractivity contribution in [2.75, 3.05) is 18.4 Å². The van der Waals surface area contributed by atoms with Crippen LogP contribution in [0, 0.1) is 0 Å². The molecule has 0 atom stereocenters. The zero-order valence-corrected chi connectivity index (χ0v) is 19.4. The van der Waals surface area contributed by atoms with Gasteiger partial charge < -0.3 is 5.32 Å². The first-order valence-corrected chi connectivity index (χ1v) is 13.1. The van der Waals surface area contributed by atoms with E-state index >= 15 is 0 Å². The third-order valence-corrected chi connectivity index (χ3v) is 8.43. The van der Waals surface area contributed by atoms with Gasteiger partial charge in [-0.3, -0.25) is 4.79 Å². The maximum Gasteiger partial charge on any atom is 0.255 e. The van der Waals surface area contributed by atoms with Gasteiger partial charge in [0.25, 0.3) is 5.91 Å². The van der Waals surface area contributed by atoms with Crippen LogP contribution in [0.4, 0.5) is 5.69 Å². The molecule has 1 aliphatic rings. The Balaban J connectivity index is 1.35. The van der Waals surface area contributed by atoms with E-state index in [2.05, 4.69) is 17.4 Å². The zero-order chi connectivity index (χ0) is 22.4. The Hall–Kier alpha value is -2.61. The first kappa shape index (κ1) is 22.6. The van der Waals surface area contributed by atoms with Crippen molar-refractivity contribution in [3.8, 4) is 0 Å². The van der Waals surface area contributed by atoms with Crippen molar-refractivity contribution in [3.05, 3.63) is 90.0 Å². The van der Waals surface area contributed by atoms with Crippen LogP contribution >= 0.6 is 11.8 Å². The number of nitrogens with one attached hydrogen (secondary N) is 1. The van der Waals surface area contributed by atoms with E-state index in [0.717, 1.165) is 30.6 Å². The molecular weight excluding hydrogens is 440 g/mol. The first-order valence-electron chi connectivity index (χ1n) is 10.7. The van der Waals surface area contributed by atoms with Gasteiger partial charge in [-0.1, -0.05) is 36.8 Å². The van der Waals surface area contributed by atoms with Gasteiger partial charge in [-0.15, -0.1) is 11.8 Å². The van der Waals surface area contributed by atoms with E-state index in [1.54, 1.807) is 40.3 Å². The molecule has 3 aromatic carbocycles. The predicted octanol–water partition coefficient (Wildman–Crippen LogP) is 5.41. The third kappa shape index (κ3) is 5.59. The molecule has 0 radical (unpaired) electrons. The fraction of sp³-hybridized carbons (Fsp3) is 0.240. The number of nitrogens with zero attached hydrogens (tertiary/aromatic N) is 1. The smallest absolute Gasteiger partial charge is 0.255 e. The number of sulfonamides is 1. The van der Waals surface area contributed by atoms with E-state index in [-0.39, 0.29) is 10.8 Å². The molecule has 1 fully saturated rings. The minimum atomic E-state index is -3.47. The van der Waals surface area contributed by atoms with Crippen LogP contribution < -0.4 is 5.32 Å². The predicted molar refractivity (Wildman–Crippen MR) is 129 cm³/mol. The van der Waals surface area contributed by atoms with Crippen LogP contribution in [0.1, 0.15) is 35.2 Å². The topological polar surface area (TPSA) is 66.5 Å². The highest BCUT2D eigenvalue weighted by molar-refractivity contribution is 7.98. The molecule has 0 saturated carbocycles. The van der Waals surface area contributed by atoms with E-state index in [1.165, 1.54) is 4.90 Å². The standard InChI is InChI=1S/C25H26N2O3S2/c28-25(21-11-9-20(10-12-21)19-31-23-7-3-1-4-8-23)26-22-13-15-24(16-14-22)32(29,30)27-17-5-2-6-18-27/h1,3-4,7-16H,2,5-6,17-19H2,(H,26,28). The molecule has 1 aliphatic heterocycles. The maximum atomic E-state index is 12.8. The minimum absolute atomic E-state index is 0.223. The second-order valence-electron chi connectivity index (χ2n) is 7.74. The van der Waals surface area contributed by atoms with E-state index in [0.29, 0.717) is 24.3 Å². The van der Waals surface area contributed by atoms with Crippen LogP contribution in [-0.2, 0) is 15.8 Å². The van der Waals surface area contributed by atoms with Gasteiger partial charge in [0.05, 0.1) is 4.90 Å². The average Bonchev–Trinajstić information content (AvgIpc) is 2.84. The summed E-state index contributed by atoms with van der Waals surface area (Å²) in [5.74, 6) is 0.609. The molecule has 166 valence electrons. The largest absolute Gasteiger partial charge is 0.322 e. The summed E-state index contributed by atoms with van der Waals surface area (Å²) in [4.78, 5) is 14.1. The van der Waals surface area contributed by atoms with Gasteiger partial charge in [0, 0.05) is 35.0 Å². The van der Waals surface area contributed by atoms with E-state index in [1.807, 2.05) is 42.5 Å². The summed E-state index contributed by atoms with van der Waals surface area (Å²) in [7, 11) is -3.47. The molecule has 1 saturated heterocycles. The van der Waals surface area contributed by atoms with Crippen LogP contribution in [0.3, 0.4) is 0 Å². The van der Waals surface area contributed by atoms with Crippen molar-refractivity contribution in [3.63, 3.8) is 0 Å². The number of benzene rings is 3. The van der Waals surface area contributed by atoms with Gasteiger partial charge in [-0.2, -0.15) is 4.31 Å². The third-order valence-electron chi connectivity index (χ3n) is 5.43. The molecule has 1 N–H and O–H groups in total. The number of piperidine rings is 1. The van der Waals surface area contributed by atoms with Crippen molar-refractivity contribution in [1.29, 1.82) is 0 Å². The number of thioether (sulfide) groups is 1. The van der Waals surface area contributed by atoms with Gasteiger partial charge in [-0.25, -0.2) is 8.42 Å². The normalized spacial score (nSPS) is 14.8. The lowest BCUT2D eigenvalue weighted by atomic mass is 10.1. The monoisotopic (exact) mass is 466 g/mol. The van der Waals surface area contributed by atoms with Gasteiger partial charge in [0.2, 0.25) is 10.0 Å². The van der Waals surface area contributed by atoms with Crippen LogP contribution in [0.25, 0.3) is 0 Å². The van der Waals surface area contributed by atoms with Crippen LogP contribution in [0.5, 0.6) is 0 Å². The van der Waals surface area contributed by atoms with Crippen molar-refractivity contribution in [2.45, 2.75) is 34.8 Å². The highest BCUT2D eigenvalue weighted by Gasteiger charge is 2.25.